The van der Waals surface area contributed by atoms with Gasteiger partial charge in [0, 0.05) is 61.1 Å². The highest BCUT2D eigenvalue weighted by molar-refractivity contribution is 7.90. The Hall–Kier alpha value is -3.21. The third-order valence-corrected chi connectivity index (χ3v) is 8.67. The van der Waals surface area contributed by atoms with Crippen molar-refractivity contribution in [2.45, 2.75) is 49.3 Å². The first-order valence-electron chi connectivity index (χ1n) is 13.6. The number of aliphatic imine (C=N–C) groups is 1. The van der Waals surface area contributed by atoms with E-state index in [-0.39, 0.29) is 11.1 Å². The summed E-state index contributed by atoms with van der Waals surface area (Å²) in [6.07, 6.45) is 14.2. The number of allylic oxidation sites excluding steroid dienone is 1. The van der Waals surface area contributed by atoms with Crippen LogP contribution in [0.1, 0.15) is 37.8 Å². The number of pyridine rings is 3. The Kier molecular flexibility index (Phi) is 7.42. The molecule has 0 spiro atoms. The minimum atomic E-state index is -3.39. The van der Waals surface area contributed by atoms with E-state index in [4.69, 9.17) is 24.4 Å². The molecule has 2 atom stereocenters. The van der Waals surface area contributed by atoms with Gasteiger partial charge in [0.1, 0.15) is 5.82 Å². The topological polar surface area (TPSA) is 107 Å². The maximum atomic E-state index is 12.0. The van der Waals surface area contributed by atoms with E-state index in [1.54, 1.807) is 12.3 Å². The van der Waals surface area contributed by atoms with Gasteiger partial charge in [0.2, 0.25) is 0 Å². The number of rotatable bonds is 7. The van der Waals surface area contributed by atoms with Crippen LogP contribution in [-0.4, -0.2) is 80.9 Å². The van der Waals surface area contributed by atoms with Crippen LogP contribution in [0.5, 0.6) is 0 Å². The molecule has 39 heavy (non-hydrogen) atoms. The van der Waals surface area contributed by atoms with Crippen molar-refractivity contribution < 1.29 is 17.9 Å². The zero-order valence-electron chi connectivity index (χ0n) is 22.1. The number of morpholine rings is 1. The number of sulfone groups is 1. The minimum Gasteiger partial charge on any atom is -0.378 e. The van der Waals surface area contributed by atoms with Crippen LogP contribution in [0.25, 0.3) is 27.6 Å². The van der Waals surface area contributed by atoms with Crippen molar-refractivity contribution in [3.63, 3.8) is 0 Å². The Morgan fingerprint density at radius 3 is 2.67 bits per heavy atom. The largest absolute Gasteiger partial charge is 0.378 e. The first-order chi connectivity index (χ1) is 19.0. The van der Waals surface area contributed by atoms with Crippen molar-refractivity contribution in [3.05, 3.63) is 48.4 Å². The number of nitrogens with zero attached hydrogens (tertiary/aromatic N) is 5. The van der Waals surface area contributed by atoms with Gasteiger partial charge < -0.3 is 14.4 Å². The molecule has 2 unspecified atom stereocenters. The van der Waals surface area contributed by atoms with Gasteiger partial charge in [-0.3, -0.25) is 9.98 Å². The molecule has 204 valence electrons. The number of hydrogen-bond acceptors (Lipinski definition) is 9. The second kappa shape index (κ2) is 11.1. The first kappa shape index (κ1) is 26.0. The van der Waals surface area contributed by atoms with Crippen LogP contribution in [0, 0.1) is 0 Å². The normalized spacial score (nSPS) is 21.9. The number of ether oxygens (including phenoxy) is 2. The zero-order chi connectivity index (χ0) is 26.8. The molecular weight excluding hydrogens is 514 g/mol. The molecule has 0 saturated carbocycles. The molecule has 3 aliphatic rings. The van der Waals surface area contributed by atoms with Crippen molar-refractivity contribution in [3.8, 4) is 11.1 Å². The van der Waals surface area contributed by atoms with Crippen molar-refractivity contribution in [1.29, 1.82) is 0 Å². The van der Waals surface area contributed by atoms with Crippen molar-refractivity contribution in [1.82, 2.24) is 15.0 Å². The van der Waals surface area contributed by atoms with Crippen LogP contribution in [0.3, 0.4) is 0 Å². The summed E-state index contributed by atoms with van der Waals surface area (Å²) in [7, 11) is -3.39. The van der Waals surface area contributed by atoms with Crippen LogP contribution in [0.15, 0.2) is 52.8 Å². The van der Waals surface area contributed by atoms with Gasteiger partial charge in [-0.1, -0.05) is 0 Å². The van der Waals surface area contributed by atoms with Crippen molar-refractivity contribution >= 4 is 38.3 Å². The number of fused-ring (bicyclic) bond motifs is 1. The lowest BCUT2D eigenvalue weighted by Gasteiger charge is -2.29. The molecule has 10 heteroatoms. The Bertz CT molecular complexity index is 1510. The first-order valence-corrected chi connectivity index (χ1v) is 15.5. The number of hydrogen-bond donors (Lipinski definition) is 0. The summed E-state index contributed by atoms with van der Waals surface area (Å²) in [4.78, 5) is 21.2. The molecule has 0 aliphatic carbocycles. The minimum absolute atomic E-state index is 0.0154. The predicted octanol–water partition coefficient (Wildman–Crippen LogP) is 4.12. The molecule has 2 fully saturated rings. The standard InChI is InChI=1S/C29H33N5O4S/c1-39(35,36)27-8-5-20(19-32-27)24-18-26(34-13-16-37-17-14-34)33-29-22(24)9-12-31-28(29)23-10-11-30-25(23)7-6-21-4-2-3-15-38-21/h5,8-12,18-19,21,25H,2-4,6-7,13-17H2,1H3. The average molecular weight is 548 g/mol. The van der Waals surface area contributed by atoms with Crippen molar-refractivity contribution in [2.75, 3.05) is 44.1 Å². The molecular formula is C29H33N5O4S. The van der Waals surface area contributed by atoms with E-state index in [9.17, 15) is 8.42 Å². The summed E-state index contributed by atoms with van der Waals surface area (Å²) < 4.78 is 35.6. The van der Waals surface area contributed by atoms with Gasteiger partial charge in [0.05, 0.1) is 36.6 Å². The van der Waals surface area contributed by atoms with E-state index in [0.717, 1.165) is 84.5 Å². The fourth-order valence-electron chi connectivity index (χ4n) is 5.57. The highest BCUT2D eigenvalue weighted by Gasteiger charge is 2.26. The van der Waals surface area contributed by atoms with Gasteiger partial charge >= 0.3 is 0 Å². The lowest BCUT2D eigenvalue weighted by atomic mass is 9.94. The molecule has 6 rings (SSSR count). The Morgan fingerprint density at radius 2 is 1.92 bits per heavy atom. The third-order valence-electron chi connectivity index (χ3n) is 7.67. The monoisotopic (exact) mass is 547 g/mol. The molecule has 6 heterocycles. The van der Waals surface area contributed by atoms with E-state index in [2.05, 4.69) is 22.0 Å². The molecule has 0 radical (unpaired) electrons. The molecule has 2 saturated heterocycles. The molecule has 3 aromatic heterocycles. The quantitative estimate of drug-likeness (QED) is 0.435. The molecule has 0 bridgehead atoms. The Morgan fingerprint density at radius 1 is 1.05 bits per heavy atom. The fraction of sp³-hybridized carbons (Fsp3) is 0.448. The molecule has 0 aromatic carbocycles. The van der Waals surface area contributed by atoms with E-state index >= 15 is 0 Å². The molecule has 9 nitrogen and oxygen atoms in total. The van der Waals surface area contributed by atoms with Crippen molar-refractivity contribution in [2.24, 2.45) is 4.99 Å². The number of anilines is 1. The summed E-state index contributed by atoms with van der Waals surface area (Å²) in [5.74, 6) is 0.842. The van der Waals surface area contributed by atoms with Gasteiger partial charge in [-0.15, -0.1) is 0 Å². The van der Waals surface area contributed by atoms with Crippen LogP contribution in [0.4, 0.5) is 5.82 Å². The summed E-state index contributed by atoms with van der Waals surface area (Å²) in [6, 6.07) is 7.42. The summed E-state index contributed by atoms with van der Waals surface area (Å²) in [5.41, 5.74) is 4.46. The summed E-state index contributed by atoms with van der Waals surface area (Å²) in [5, 5.41) is 0.992. The molecule has 0 N–H and O–H groups in total. The molecule has 3 aromatic rings. The molecule has 3 aliphatic heterocycles. The fourth-order valence-corrected chi connectivity index (χ4v) is 6.13. The highest BCUT2D eigenvalue weighted by atomic mass is 32.2. The predicted molar refractivity (Wildman–Crippen MR) is 152 cm³/mol. The average Bonchev–Trinajstić information content (AvgIpc) is 3.44. The zero-order valence-corrected chi connectivity index (χ0v) is 22.9. The lowest BCUT2D eigenvalue weighted by molar-refractivity contribution is 0.00988. The van der Waals surface area contributed by atoms with Crippen LogP contribution < -0.4 is 4.90 Å². The maximum absolute atomic E-state index is 12.0. The van der Waals surface area contributed by atoms with E-state index < -0.39 is 9.84 Å². The van der Waals surface area contributed by atoms with Crippen LogP contribution in [0.2, 0.25) is 0 Å². The van der Waals surface area contributed by atoms with Gasteiger partial charge in [0.15, 0.2) is 14.9 Å². The molecule has 0 amide bonds. The maximum Gasteiger partial charge on any atom is 0.192 e. The second-order valence-corrected chi connectivity index (χ2v) is 12.3. The Labute approximate surface area is 228 Å². The number of aromatic nitrogens is 3. The van der Waals surface area contributed by atoms with Gasteiger partial charge in [0.25, 0.3) is 0 Å². The SMILES string of the molecule is CS(=O)(=O)c1ccc(-c2cc(N3CCOCC3)nc3c(C4=CC=NC4CCC4CCCCO4)nccc23)cn1. The van der Waals surface area contributed by atoms with E-state index in [0.29, 0.717) is 19.3 Å². The summed E-state index contributed by atoms with van der Waals surface area (Å²) in [6.45, 7) is 3.63. The summed E-state index contributed by atoms with van der Waals surface area (Å²) >= 11 is 0. The third kappa shape index (κ3) is 5.59. The van der Waals surface area contributed by atoms with Gasteiger partial charge in [-0.05, 0) is 68.0 Å². The van der Waals surface area contributed by atoms with Gasteiger partial charge in [-0.2, -0.15) is 0 Å². The second-order valence-electron chi connectivity index (χ2n) is 10.3. The van der Waals surface area contributed by atoms with Gasteiger partial charge in [-0.25, -0.2) is 18.4 Å². The lowest BCUT2D eigenvalue weighted by Crippen LogP contribution is -2.36. The van der Waals surface area contributed by atoms with Crippen LogP contribution >= 0.6 is 0 Å². The van der Waals surface area contributed by atoms with Crippen LogP contribution in [-0.2, 0) is 19.3 Å². The van der Waals surface area contributed by atoms with E-state index in [1.807, 2.05) is 24.5 Å². The van der Waals surface area contributed by atoms with E-state index in [1.165, 1.54) is 12.7 Å². The highest BCUT2D eigenvalue weighted by Crippen LogP contribution is 2.37. The smallest absolute Gasteiger partial charge is 0.192 e. The Balaban J connectivity index is 1.41.